The minimum absolute atomic E-state index is 0.0700. The summed E-state index contributed by atoms with van der Waals surface area (Å²) in [6, 6.07) is 3.89. The molecule has 4 rings (SSSR count). The van der Waals surface area contributed by atoms with Crippen molar-refractivity contribution in [3.8, 4) is 0 Å². The van der Waals surface area contributed by atoms with E-state index in [4.69, 9.17) is 9.84 Å². The zero-order valence-electron chi connectivity index (χ0n) is 15.4. The van der Waals surface area contributed by atoms with E-state index in [-0.39, 0.29) is 36.7 Å². The predicted molar refractivity (Wildman–Crippen MR) is 97.3 cm³/mol. The molecule has 0 saturated carbocycles. The number of benzene rings is 1. The lowest BCUT2D eigenvalue weighted by atomic mass is 10.0. The number of nitrogens with zero attached hydrogens (tertiary/aromatic N) is 2. The van der Waals surface area contributed by atoms with Gasteiger partial charge in [0.05, 0.1) is 17.2 Å². The third-order valence-electron chi connectivity index (χ3n) is 5.38. The number of piperidine rings is 1. The van der Waals surface area contributed by atoms with Crippen molar-refractivity contribution in [2.75, 3.05) is 24.6 Å². The fraction of sp³-hybridized carbons (Fsp3) is 0.421. The van der Waals surface area contributed by atoms with Crippen molar-refractivity contribution in [2.45, 2.75) is 31.4 Å². The van der Waals surface area contributed by atoms with Crippen LogP contribution in [0.15, 0.2) is 18.2 Å². The SMILES string of the molecule is O=C(O)CO[C@@H]1CCN(c2ccc3c(c2)C(=O)N(C2CCC(=O)NC2=O)C3=O)C1. The molecule has 0 spiro atoms. The van der Waals surface area contributed by atoms with E-state index in [1.54, 1.807) is 18.2 Å². The number of ether oxygens (including phenoxy) is 1. The Labute approximate surface area is 165 Å². The van der Waals surface area contributed by atoms with Gasteiger partial charge in [0, 0.05) is 25.2 Å². The molecule has 2 fully saturated rings. The average Bonchev–Trinajstić information content (AvgIpc) is 3.25. The molecule has 4 amide bonds. The molecular weight excluding hydrogens is 382 g/mol. The molecule has 3 heterocycles. The Hall–Kier alpha value is -3.27. The lowest BCUT2D eigenvalue weighted by molar-refractivity contribution is -0.144. The molecule has 0 aromatic heterocycles. The maximum Gasteiger partial charge on any atom is 0.329 e. The number of fused-ring (bicyclic) bond motifs is 1. The summed E-state index contributed by atoms with van der Waals surface area (Å²) >= 11 is 0. The molecule has 152 valence electrons. The van der Waals surface area contributed by atoms with Gasteiger partial charge in [0.1, 0.15) is 12.6 Å². The number of imide groups is 2. The number of nitrogens with one attached hydrogen (secondary N) is 1. The van der Waals surface area contributed by atoms with E-state index in [0.717, 1.165) is 10.6 Å². The summed E-state index contributed by atoms with van der Waals surface area (Å²) in [5.74, 6) is -3.19. The number of rotatable bonds is 5. The molecule has 2 atom stereocenters. The van der Waals surface area contributed by atoms with E-state index in [9.17, 15) is 24.0 Å². The summed E-state index contributed by atoms with van der Waals surface area (Å²) in [5, 5.41) is 10.9. The predicted octanol–water partition coefficient (Wildman–Crippen LogP) is -0.232. The zero-order valence-corrected chi connectivity index (χ0v) is 15.4. The number of hydrogen-bond donors (Lipinski definition) is 2. The first kappa shape index (κ1) is 19.1. The summed E-state index contributed by atoms with van der Waals surface area (Å²) in [6.07, 6.45) is 0.606. The van der Waals surface area contributed by atoms with Gasteiger partial charge in [-0.2, -0.15) is 0 Å². The van der Waals surface area contributed by atoms with Crippen LogP contribution in [-0.2, 0) is 19.1 Å². The van der Waals surface area contributed by atoms with Crippen molar-refractivity contribution in [3.63, 3.8) is 0 Å². The highest BCUT2D eigenvalue weighted by Crippen LogP contribution is 2.32. The smallest absolute Gasteiger partial charge is 0.329 e. The molecule has 10 nitrogen and oxygen atoms in total. The van der Waals surface area contributed by atoms with Crippen LogP contribution in [0.2, 0.25) is 0 Å². The molecule has 3 aliphatic rings. The van der Waals surface area contributed by atoms with E-state index in [1.807, 2.05) is 4.90 Å². The molecule has 3 aliphatic heterocycles. The van der Waals surface area contributed by atoms with E-state index in [2.05, 4.69) is 5.32 Å². The Morgan fingerprint density at radius 3 is 2.62 bits per heavy atom. The number of carboxylic acid groups (broad SMARTS) is 1. The quantitative estimate of drug-likeness (QED) is 0.647. The Morgan fingerprint density at radius 2 is 1.90 bits per heavy atom. The van der Waals surface area contributed by atoms with Crippen LogP contribution in [0, 0.1) is 0 Å². The van der Waals surface area contributed by atoms with E-state index in [1.165, 1.54) is 0 Å². The summed E-state index contributed by atoms with van der Waals surface area (Å²) in [7, 11) is 0. The summed E-state index contributed by atoms with van der Waals surface area (Å²) in [4.78, 5) is 62.6. The highest BCUT2D eigenvalue weighted by Gasteiger charge is 2.44. The first-order valence-corrected chi connectivity index (χ1v) is 9.29. The van der Waals surface area contributed by atoms with Crippen LogP contribution >= 0.6 is 0 Å². The molecule has 29 heavy (non-hydrogen) atoms. The van der Waals surface area contributed by atoms with Gasteiger partial charge in [-0.15, -0.1) is 0 Å². The molecule has 10 heteroatoms. The fourth-order valence-corrected chi connectivity index (χ4v) is 3.94. The fourth-order valence-electron chi connectivity index (χ4n) is 3.94. The largest absolute Gasteiger partial charge is 0.480 e. The molecule has 0 aliphatic carbocycles. The van der Waals surface area contributed by atoms with Gasteiger partial charge in [0.25, 0.3) is 11.8 Å². The lowest BCUT2D eigenvalue weighted by Crippen LogP contribution is -2.54. The Morgan fingerprint density at radius 1 is 1.14 bits per heavy atom. The van der Waals surface area contributed by atoms with Gasteiger partial charge in [-0.1, -0.05) is 0 Å². The highest BCUT2D eigenvalue weighted by atomic mass is 16.5. The Kier molecular flexibility index (Phi) is 4.79. The monoisotopic (exact) mass is 401 g/mol. The maximum atomic E-state index is 12.9. The van der Waals surface area contributed by atoms with E-state index in [0.29, 0.717) is 19.5 Å². The second kappa shape index (κ2) is 7.28. The van der Waals surface area contributed by atoms with Crippen LogP contribution in [-0.4, -0.2) is 71.4 Å². The van der Waals surface area contributed by atoms with Gasteiger partial charge >= 0.3 is 5.97 Å². The lowest BCUT2D eigenvalue weighted by Gasteiger charge is -2.27. The molecule has 1 aromatic carbocycles. The van der Waals surface area contributed by atoms with Crippen LogP contribution in [0.4, 0.5) is 5.69 Å². The topological polar surface area (TPSA) is 133 Å². The zero-order chi connectivity index (χ0) is 20.7. The molecular formula is C19H19N3O7. The molecule has 1 aromatic rings. The number of carboxylic acids is 1. The number of aliphatic carboxylic acids is 1. The number of carbonyl (C=O) groups is 5. The summed E-state index contributed by atoms with van der Waals surface area (Å²) in [6.45, 7) is 0.740. The Balaban J connectivity index is 1.51. The molecule has 0 bridgehead atoms. The summed E-state index contributed by atoms with van der Waals surface area (Å²) in [5.41, 5.74) is 1.16. The normalized spacial score (nSPS) is 24.1. The Bertz CT molecular complexity index is 928. The number of anilines is 1. The molecule has 2 N–H and O–H groups in total. The van der Waals surface area contributed by atoms with Crippen LogP contribution in [0.3, 0.4) is 0 Å². The average molecular weight is 401 g/mol. The van der Waals surface area contributed by atoms with Gasteiger partial charge in [0.15, 0.2) is 0 Å². The minimum atomic E-state index is -1.03. The van der Waals surface area contributed by atoms with Gasteiger partial charge in [-0.25, -0.2) is 4.79 Å². The van der Waals surface area contributed by atoms with Crippen LogP contribution in [0.5, 0.6) is 0 Å². The number of carbonyl (C=O) groups excluding carboxylic acids is 4. The van der Waals surface area contributed by atoms with Crippen LogP contribution < -0.4 is 10.2 Å². The van der Waals surface area contributed by atoms with Crippen molar-refractivity contribution in [1.29, 1.82) is 0 Å². The van der Waals surface area contributed by atoms with Gasteiger partial charge in [-0.05, 0) is 31.0 Å². The van der Waals surface area contributed by atoms with Crippen molar-refractivity contribution in [1.82, 2.24) is 10.2 Å². The maximum absolute atomic E-state index is 12.9. The van der Waals surface area contributed by atoms with Crippen molar-refractivity contribution in [3.05, 3.63) is 29.3 Å². The third-order valence-corrected chi connectivity index (χ3v) is 5.38. The van der Waals surface area contributed by atoms with E-state index >= 15 is 0 Å². The standard InChI is InChI=1S/C19H19N3O7/c23-15-4-3-14(17(26)20-15)22-18(27)12-2-1-10(7-13(12)19(22)28)21-6-5-11(8-21)29-9-16(24)25/h1-2,7,11,14H,3-6,8-9H2,(H,24,25)(H,20,23,26)/t11-,14?/m1/s1. The van der Waals surface area contributed by atoms with Crippen molar-refractivity contribution >= 4 is 35.3 Å². The minimum Gasteiger partial charge on any atom is -0.480 e. The molecule has 2 saturated heterocycles. The first-order valence-electron chi connectivity index (χ1n) is 9.29. The first-order chi connectivity index (χ1) is 13.8. The van der Waals surface area contributed by atoms with Gasteiger partial charge in [0.2, 0.25) is 11.8 Å². The van der Waals surface area contributed by atoms with Crippen LogP contribution in [0.25, 0.3) is 0 Å². The molecule has 0 radical (unpaired) electrons. The van der Waals surface area contributed by atoms with Crippen molar-refractivity contribution in [2.24, 2.45) is 0 Å². The second-order valence-electron chi connectivity index (χ2n) is 7.24. The number of amides is 4. The number of hydrogen-bond acceptors (Lipinski definition) is 7. The molecule has 1 unspecified atom stereocenters. The van der Waals surface area contributed by atoms with Crippen molar-refractivity contribution < 1.29 is 33.8 Å². The highest BCUT2D eigenvalue weighted by molar-refractivity contribution is 6.23. The van der Waals surface area contributed by atoms with E-state index < -0.39 is 35.6 Å². The second-order valence-corrected chi connectivity index (χ2v) is 7.24. The van der Waals surface area contributed by atoms with Crippen LogP contribution in [0.1, 0.15) is 40.0 Å². The third kappa shape index (κ3) is 3.46. The summed E-state index contributed by atoms with van der Waals surface area (Å²) < 4.78 is 5.32. The van der Waals surface area contributed by atoms with Gasteiger partial charge in [-0.3, -0.25) is 29.4 Å². The van der Waals surface area contributed by atoms with Gasteiger partial charge < -0.3 is 14.7 Å².